The average Bonchev–Trinajstić information content (AvgIpc) is 3.76. The second-order valence-corrected chi connectivity index (χ2v) is 19.2. The van der Waals surface area contributed by atoms with Crippen molar-refractivity contribution in [2.45, 2.75) is 108 Å². The Balaban J connectivity index is 0.781. The van der Waals surface area contributed by atoms with Gasteiger partial charge < -0.3 is 39.4 Å². The summed E-state index contributed by atoms with van der Waals surface area (Å²) in [6.45, 7) is 5.58. The smallest absolute Gasteiger partial charge is 0.246 e. The van der Waals surface area contributed by atoms with Crippen LogP contribution in [0.2, 0.25) is 0 Å². The number of aliphatic imine (C=N–C) groups is 1. The molecular weight excluding hydrogens is 797 g/mol. The fourth-order valence-corrected chi connectivity index (χ4v) is 11.8. The van der Waals surface area contributed by atoms with Crippen LogP contribution < -0.4 is 5.32 Å². The molecule has 2 aromatic heterocycles. The summed E-state index contributed by atoms with van der Waals surface area (Å²) in [4.78, 5) is 78.9. The number of ether oxygens (including phenoxy) is 2. The lowest BCUT2D eigenvalue weighted by molar-refractivity contribution is -0.142. The van der Waals surface area contributed by atoms with Gasteiger partial charge in [0.05, 0.1) is 41.3 Å². The summed E-state index contributed by atoms with van der Waals surface area (Å²) in [5.74, 6) is 1.68. The van der Waals surface area contributed by atoms with Gasteiger partial charge in [0.1, 0.15) is 17.6 Å². The number of nitrogens with one attached hydrogen (secondary N) is 3. The standard InChI is InChI=1S/C49H56N8O6/c1-26(58)17-37(29-9-13-62-14-10-29)48(60)56-40-19-32(40)21-42(56)38-18-34(23-50-38)36-8-7-35(45-46(36)53-25-52-45)28-3-5-30(6-4-28)39-24-51-47(55-39)43-22-33-20-41(33)57(43)49(61)44(54-27(2)59)31-11-15-63-16-12-31/h3-8,23-25,29,31-33,37,40-44H,9-22H2,1-2H3,(H,51,55)(H,52,53)(H,54,59)/t32-,33-,37+,40-,41-,42+,43+,44+/m1/s1. The first kappa shape index (κ1) is 40.3. The molecule has 2 aromatic carbocycles. The van der Waals surface area contributed by atoms with Crippen LogP contribution in [-0.4, -0.2) is 110 Å². The molecule has 0 spiro atoms. The Labute approximate surface area is 366 Å². The van der Waals surface area contributed by atoms with Crippen LogP contribution in [0.1, 0.15) is 95.5 Å². The Morgan fingerprint density at radius 2 is 1.43 bits per heavy atom. The van der Waals surface area contributed by atoms with Gasteiger partial charge in [0, 0.05) is 87.2 Å². The Hall–Kier alpha value is -5.47. The van der Waals surface area contributed by atoms with E-state index in [-0.39, 0.29) is 65.4 Å². The molecular formula is C49H56N8O6. The van der Waals surface area contributed by atoms with Gasteiger partial charge in [-0.15, -0.1) is 0 Å². The number of nitrogens with zero attached hydrogens (tertiary/aromatic N) is 5. The third-order valence-corrected chi connectivity index (χ3v) is 15.2. The quantitative estimate of drug-likeness (QED) is 0.147. The third kappa shape index (κ3) is 7.52. The number of benzene rings is 2. The zero-order valence-electron chi connectivity index (χ0n) is 36.1. The molecule has 0 radical (unpaired) electrons. The molecule has 328 valence electrons. The topological polar surface area (TPSA) is 175 Å². The highest BCUT2D eigenvalue weighted by molar-refractivity contribution is 6.07. The number of Topliss-reactive ketones (excluding diaryl/α,β-unsaturated/α-hetero) is 1. The Morgan fingerprint density at radius 3 is 2.13 bits per heavy atom. The number of aromatic amines is 2. The molecule has 7 aliphatic rings. The van der Waals surface area contributed by atoms with Crippen molar-refractivity contribution in [3.63, 3.8) is 0 Å². The highest BCUT2D eigenvalue weighted by Gasteiger charge is 2.58. The van der Waals surface area contributed by atoms with Crippen LogP contribution in [0.4, 0.5) is 0 Å². The second kappa shape index (κ2) is 16.3. The molecule has 3 amide bonds. The van der Waals surface area contributed by atoms with E-state index in [9.17, 15) is 19.2 Å². The minimum Gasteiger partial charge on any atom is -0.381 e. The van der Waals surface area contributed by atoms with Crippen molar-refractivity contribution in [1.82, 2.24) is 35.1 Å². The Morgan fingerprint density at radius 1 is 0.778 bits per heavy atom. The molecule has 2 saturated carbocycles. The van der Waals surface area contributed by atoms with E-state index in [0.29, 0.717) is 51.1 Å². The number of ketones is 1. The minimum atomic E-state index is -0.558. The summed E-state index contributed by atoms with van der Waals surface area (Å²) in [5.41, 5.74) is 8.94. The summed E-state index contributed by atoms with van der Waals surface area (Å²) < 4.78 is 11.2. The van der Waals surface area contributed by atoms with E-state index >= 15 is 0 Å². The van der Waals surface area contributed by atoms with Gasteiger partial charge >= 0.3 is 0 Å². The summed E-state index contributed by atoms with van der Waals surface area (Å²) >= 11 is 0. The number of carbonyl (C=O) groups is 4. The molecule has 8 atom stereocenters. The number of aromatic nitrogens is 4. The molecule has 11 rings (SSSR count). The van der Waals surface area contributed by atoms with E-state index in [1.165, 1.54) is 6.92 Å². The molecule has 7 heterocycles. The van der Waals surface area contributed by atoms with Crippen LogP contribution in [0.25, 0.3) is 39.0 Å². The molecule has 6 fully saturated rings. The van der Waals surface area contributed by atoms with Crippen LogP contribution in [0.15, 0.2) is 60.1 Å². The fraction of sp³-hybridized carbons (Fsp3) is 0.531. The van der Waals surface area contributed by atoms with Crippen molar-refractivity contribution in [3.8, 4) is 22.4 Å². The van der Waals surface area contributed by atoms with Gasteiger partial charge in [-0.2, -0.15) is 0 Å². The first-order valence-corrected chi connectivity index (χ1v) is 23.1. The van der Waals surface area contributed by atoms with Crippen molar-refractivity contribution in [2.75, 3.05) is 26.4 Å². The monoisotopic (exact) mass is 852 g/mol. The summed E-state index contributed by atoms with van der Waals surface area (Å²) in [5, 5.41) is 3.00. The van der Waals surface area contributed by atoms with E-state index in [0.717, 1.165) is 107 Å². The largest absolute Gasteiger partial charge is 0.381 e. The SMILES string of the molecule is CC(=O)C[C@H](C(=O)N1[C@@H]2C[C@@H]2C[C@H]1C1=NC=C(c2ccc(-c3ccc(-c4cnc([C@@H]5C[C@H]6C[C@H]6N5C(=O)[C@@H](NC(C)=O)C5CCOCC5)[nH]4)cc3)c3nc[nH]c23)C1)C1CCOCC1. The van der Waals surface area contributed by atoms with Crippen molar-refractivity contribution in [3.05, 3.63) is 66.5 Å². The predicted molar refractivity (Wildman–Crippen MR) is 236 cm³/mol. The van der Waals surface area contributed by atoms with Gasteiger partial charge in [0.2, 0.25) is 17.7 Å². The van der Waals surface area contributed by atoms with E-state index in [2.05, 4.69) is 56.6 Å². The second-order valence-electron chi connectivity index (χ2n) is 19.2. The van der Waals surface area contributed by atoms with E-state index in [4.69, 9.17) is 24.4 Å². The molecule has 5 aliphatic heterocycles. The van der Waals surface area contributed by atoms with Gasteiger partial charge in [-0.1, -0.05) is 36.4 Å². The number of fused-ring (bicyclic) bond motifs is 3. The molecule has 4 aromatic rings. The molecule has 0 bridgehead atoms. The number of rotatable bonds is 12. The molecule has 3 N–H and O–H groups in total. The average molecular weight is 853 g/mol. The van der Waals surface area contributed by atoms with Crippen molar-refractivity contribution >= 4 is 45.8 Å². The summed E-state index contributed by atoms with van der Waals surface area (Å²) in [6.07, 6.45) is 13.5. The van der Waals surface area contributed by atoms with Crippen molar-refractivity contribution in [1.29, 1.82) is 0 Å². The maximum Gasteiger partial charge on any atom is 0.246 e. The highest BCUT2D eigenvalue weighted by Crippen LogP contribution is 2.54. The number of piperidine rings is 2. The van der Waals surface area contributed by atoms with E-state index in [1.807, 2.05) is 17.3 Å². The summed E-state index contributed by atoms with van der Waals surface area (Å²) in [6, 6.07) is 12.4. The predicted octanol–water partition coefficient (Wildman–Crippen LogP) is 6.41. The minimum absolute atomic E-state index is 0.00713. The number of amides is 3. The van der Waals surface area contributed by atoms with Crippen LogP contribution in [-0.2, 0) is 28.7 Å². The number of allylic oxidation sites excluding steroid dienone is 1. The molecule has 63 heavy (non-hydrogen) atoms. The zero-order chi connectivity index (χ0) is 42.9. The maximum atomic E-state index is 14.4. The maximum absolute atomic E-state index is 14.4. The highest BCUT2D eigenvalue weighted by atomic mass is 16.5. The first-order valence-electron chi connectivity index (χ1n) is 23.1. The molecule has 0 unspecified atom stereocenters. The van der Waals surface area contributed by atoms with Gasteiger partial charge in [-0.3, -0.25) is 19.4 Å². The van der Waals surface area contributed by atoms with E-state index in [1.54, 1.807) is 13.3 Å². The Bertz CT molecular complexity index is 2510. The number of hydrogen-bond acceptors (Lipinski definition) is 9. The number of H-pyrrole nitrogens is 2. The lowest BCUT2D eigenvalue weighted by Gasteiger charge is -2.35. The molecule has 14 nitrogen and oxygen atoms in total. The first-order chi connectivity index (χ1) is 30.7. The van der Waals surface area contributed by atoms with Crippen LogP contribution in [0.3, 0.4) is 0 Å². The normalized spacial score (nSPS) is 27.7. The summed E-state index contributed by atoms with van der Waals surface area (Å²) in [7, 11) is 0. The van der Waals surface area contributed by atoms with Gasteiger partial charge in [0.25, 0.3) is 0 Å². The van der Waals surface area contributed by atoms with Gasteiger partial charge in [-0.05, 0) is 98.7 Å². The van der Waals surface area contributed by atoms with Gasteiger partial charge in [0.15, 0.2) is 0 Å². The van der Waals surface area contributed by atoms with Crippen LogP contribution >= 0.6 is 0 Å². The lowest BCUT2D eigenvalue weighted by atomic mass is 9.81. The molecule has 14 heteroatoms. The van der Waals surface area contributed by atoms with Crippen molar-refractivity contribution in [2.24, 2.45) is 34.6 Å². The van der Waals surface area contributed by atoms with E-state index < -0.39 is 6.04 Å². The molecule has 2 aliphatic carbocycles. The lowest BCUT2D eigenvalue weighted by Crippen LogP contribution is -2.53. The van der Waals surface area contributed by atoms with Crippen LogP contribution in [0, 0.1) is 29.6 Å². The zero-order valence-corrected chi connectivity index (χ0v) is 36.1. The third-order valence-electron chi connectivity index (χ3n) is 15.2. The van der Waals surface area contributed by atoms with Gasteiger partial charge in [-0.25, -0.2) is 9.97 Å². The number of carbonyl (C=O) groups excluding carboxylic acids is 4. The molecule has 4 saturated heterocycles. The Kier molecular flexibility index (Phi) is 10.4. The van der Waals surface area contributed by atoms with Crippen molar-refractivity contribution < 1.29 is 28.7 Å². The van der Waals surface area contributed by atoms with Crippen LogP contribution in [0.5, 0.6) is 0 Å². The number of imidazole rings is 2. The number of likely N-dealkylation sites (tertiary alicyclic amines) is 2. The fourth-order valence-electron chi connectivity index (χ4n) is 11.8. The number of hydrogen-bond donors (Lipinski definition) is 3.